The van der Waals surface area contributed by atoms with E-state index in [1.807, 2.05) is 6.07 Å². The molecule has 1 fully saturated rings. The Bertz CT molecular complexity index is 440. The molecule has 1 aromatic rings. The number of hydrogen-bond donors (Lipinski definition) is 2. The average molecular weight is 278 g/mol. The molecule has 0 bridgehead atoms. The Hall–Kier alpha value is -1.26. The Balaban J connectivity index is 2.11. The molecule has 0 amide bonds. The van der Waals surface area contributed by atoms with Crippen molar-refractivity contribution in [3.63, 3.8) is 0 Å². The van der Waals surface area contributed by atoms with Crippen LogP contribution in [0.25, 0.3) is 0 Å². The molecule has 4 heteroatoms. The predicted molar refractivity (Wildman–Crippen MR) is 81.8 cm³/mol. The van der Waals surface area contributed by atoms with Crippen LogP contribution in [-0.2, 0) is 6.42 Å². The van der Waals surface area contributed by atoms with Crippen LogP contribution in [0.4, 0.5) is 0 Å². The molecule has 1 aliphatic rings. The first-order chi connectivity index (χ1) is 9.61. The van der Waals surface area contributed by atoms with Crippen LogP contribution in [0.1, 0.15) is 30.9 Å². The third kappa shape index (κ3) is 3.64. The number of piperazine rings is 1. The Morgan fingerprint density at radius 3 is 2.60 bits per heavy atom. The lowest BCUT2D eigenvalue weighted by molar-refractivity contribution is 0.242. The van der Waals surface area contributed by atoms with Gasteiger partial charge in [0.15, 0.2) is 11.5 Å². The van der Waals surface area contributed by atoms with Gasteiger partial charge in [-0.2, -0.15) is 0 Å². The fourth-order valence-electron chi connectivity index (χ4n) is 2.66. The molecule has 0 spiro atoms. The quantitative estimate of drug-likeness (QED) is 0.864. The zero-order chi connectivity index (χ0) is 14.5. The van der Waals surface area contributed by atoms with Gasteiger partial charge in [0.05, 0.1) is 7.11 Å². The van der Waals surface area contributed by atoms with Crippen LogP contribution in [0.5, 0.6) is 11.5 Å². The SMILES string of the molecule is COc1c(O)cc(C(C)C)cc1CCN1CCNCC1. The molecule has 20 heavy (non-hydrogen) atoms. The third-order valence-corrected chi connectivity index (χ3v) is 3.95. The van der Waals surface area contributed by atoms with Crippen molar-refractivity contribution in [3.8, 4) is 11.5 Å². The summed E-state index contributed by atoms with van der Waals surface area (Å²) < 4.78 is 5.37. The van der Waals surface area contributed by atoms with Crippen molar-refractivity contribution in [2.75, 3.05) is 39.8 Å². The number of rotatable bonds is 5. The number of phenols is 1. The maximum atomic E-state index is 10.1. The van der Waals surface area contributed by atoms with Crippen molar-refractivity contribution in [2.45, 2.75) is 26.2 Å². The van der Waals surface area contributed by atoms with E-state index in [4.69, 9.17) is 4.74 Å². The lowest BCUT2D eigenvalue weighted by Gasteiger charge is -2.27. The first kappa shape index (κ1) is 15.1. The van der Waals surface area contributed by atoms with E-state index < -0.39 is 0 Å². The summed E-state index contributed by atoms with van der Waals surface area (Å²) in [4.78, 5) is 2.45. The summed E-state index contributed by atoms with van der Waals surface area (Å²) in [6.07, 6.45) is 0.914. The highest BCUT2D eigenvalue weighted by atomic mass is 16.5. The van der Waals surface area contributed by atoms with Gasteiger partial charge >= 0.3 is 0 Å². The van der Waals surface area contributed by atoms with Crippen LogP contribution in [0.3, 0.4) is 0 Å². The first-order valence-corrected chi connectivity index (χ1v) is 7.44. The highest BCUT2D eigenvalue weighted by molar-refractivity contribution is 5.49. The first-order valence-electron chi connectivity index (χ1n) is 7.44. The van der Waals surface area contributed by atoms with E-state index in [0.29, 0.717) is 11.7 Å². The summed E-state index contributed by atoms with van der Waals surface area (Å²) in [5.41, 5.74) is 2.27. The van der Waals surface area contributed by atoms with Gasteiger partial charge in [-0.3, -0.25) is 0 Å². The Kier molecular flexibility index (Phi) is 5.26. The molecule has 1 aromatic carbocycles. The average Bonchev–Trinajstić information content (AvgIpc) is 2.45. The molecule has 2 N–H and O–H groups in total. The molecule has 0 aromatic heterocycles. The second kappa shape index (κ2) is 6.95. The van der Waals surface area contributed by atoms with E-state index >= 15 is 0 Å². The maximum Gasteiger partial charge on any atom is 0.163 e. The molecule has 0 saturated carbocycles. The second-order valence-electron chi connectivity index (χ2n) is 5.73. The van der Waals surface area contributed by atoms with Crippen molar-refractivity contribution >= 4 is 0 Å². The van der Waals surface area contributed by atoms with E-state index in [1.54, 1.807) is 7.11 Å². The van der Waals surface area contributed by atoms with Gasteiger partial charge in [-0.05, 0) is 29.5 Å². The molecule has 0 aliphatic carbocycles. The number of aromatic hydroxyl groups is 1. The van der Waals surface area contributed by atoms with Gasteiger partial charge in [0.25, 0.3) is 0 Å². The molecule has 112 valence electrons. The fraction of sp³-hybridized carbons (Fsp3) is 0.625. The number of hydrogen-bond acceptors (Lipinski definition) is 4. The van der Waals surface area contributed by atoms with Crippen molar-refractivity contribution in [2.24, 2.45) is 0 Å². The van der Waals surface area contributed by atoms with E-state index in [0.717, 1.165) is 44.7 Å². The molecular weight excluding hydrogens is 252 g/mol. The number of benzene rings is 1. The van der Waals surface area contributed by atoms with Crippen LogP contribution in [0.15, 0.2) is 12.1 Å². The summed E-state index contributed by atoms with van der Waals surface area (Å²) in [5, 5.41) is 13.5. The summed E-state index contributed by atoms with van der Waals surface area (Å²) in [6.45, 7) is 9.61. The lowest BCUT2D eigenvalue weighted by Crippen LogP contribution is -2.44. The van der Waals surface area contributed by atoms with Gasteiger partial charge in [-0.25, -0.2) is 0 Å². The van der Waals surface area contributed by atoms with Crippen molar-refractivity contribution in [1.82, 2.24) is 10.2 Å². The minimum Gasteiger partial charge on any atom is -0.504 e. The van der Waals surface area contributed by atoms with Gasteiger partial charge in [-0.1, -0.05) is 19.9 Å². The number of methoxy groups -OCH3 is 1. The molecule has 1 aliphatic heterocycles. The molecular formula is C16H26N2O2. The zero-order valence-electron chi connectivity index (χ0n) is 12.8. The summed E-state index contributed by atoms with van der Waals surface area (Å²) in [6, 6.07) is 3.99. The molecule has 2 rings (SSSR count). The van der Waals surface area contributed by atoms with Crippen LogP contribution < -0.4 is 10.1 Å². The van der Waals surface area contributed by atoms with Crippen molar-refractivity contribution in [1.29, 1.82) is 0 Å². The number of phenolic OH excluding ortho intramolecular Hbond substituents is 1. The number of ether oxygens (including phenoxy) is 1. The molecule has 0 radical (unpaired) electrons. The van der Waals surface area contributed by atoms with Crippen molar-refractivity contribution < 1.29 is 9.84 Å². The summed E-state index contributed by atoms with van der Waals surface area (Å²) >= 11 is 0. The maximum absolute atomic E-state index is 10.1. The minimum absolute atomic E-state index is 0.258. The highest BCUT2D eigenvalue weighted by Crippen LogP contribution is 2.34. The van der Waals surface area contributed by atoms with Crippen LogP contribution in [0, 0.1) is 0 Å². The predicted octanol–water partition coefficient (Wildman–Crippen LogP) is 1.97. The molecule has 1 heterocycles. The Morgan fingerprint density at radius 1 is 1.30 bits per heavy atom. The van der Waals surface area contributed by atoms with Crippen molar-refractivity contribution in [3.05, 3.63) is 23.3 Å². The lowest BCUT2D eigenvalue weighted by atomic mass is 9.98. The topological polar surface area (TPSA) is 44.7 Å². The fourth-order valence-corrected chi connectivity index (χ4v) is 2.66. The summed E-state index contributed by atoms with van der Waals surface area (Å²) in [7, 11) is 1.62. The smallest absolute Gasteiger partial charge is 0.163 e. The third-order valence-electron chi connectivity index (χ3n) is 3.95. The molecule has 0 unspecified atom stereocenters. The standard InChI is InChI=1S/C16H26N2O2/c1-12(2)14-10-13(16(20-3)15(19)11-14)4-7-18-8-5-17-6-9-18/h10-12,17,19H,4-9H2,1-3H3. The van der Waals surface area contributed by atoms with Gasteiger partial charge in [0.1, 0.15) is 0 Å². The monoisotopic (exact) mass is 278 g/mol. The molecule has 4 nitrogen and oxygen atoms in total. The molecule has 1 saturated heterocycles. The van der Waals surface area contributed by atoms with Crippen LogP contribution in [0.2, 0.25) is 0 Å². The van der Waals surface area contributed by atoms with Gasteiger partial charge < -0.3 is 20.1 Å². The summed E-state index contributed by atoms with van der Waals surface area (Å²) in [5.74, 6) is 1.29. The van der Waals surface area contributed by atoms with Gasteiger partial charge in [-0.15, -0.1) is 0 Å². The van der Waals surface area contributed by atoms with E-state index in [2.05, 4.69) is 30.1 Å². The normalized spacial score (nSPS) is 16.6. The minimum atomic E-state index is 0.258. The van der Waals surface area contributed by atoms with Crippen LogP contribution in [-0.4, -0.2) is 49.8 Å². The van der Waals surface area contributed by atoms with E-state index in [-0.39, 0.29) is 5.75 Å². The zero-order valence-corrected chi connectivity index (χ0v) is 12.8. The Labute approximate surface area is 121 Å². The van der Waals surface area contributed by atoms with Gasteiger partial charge in [0.2, 0.25) is 0 Å². The van der Waals surface area contributed by atoms with Gasteiger partial charge in [0, 0.05) is 32.7 Å². The number of nitrogens with one attached hydrogen (secondary N) is 1. The molecule has 0 atom stereocenters. The van der Waals surface area contributed by atoms with E-state index in [1.165, 1.54) is 5.56 Å². The van der Waals surface area contributed by atoms with E-state index in [9.17, 15) is 5.11 Å². The number of nitrogens with zero attached hydrogens (tertiary/aromatic N) is 1. The Morgan fingerprint density at radius 2 is 2.00 bits per heavy atom. The highest BCUT2D eigenvalue weighted by Gasteiger charge is 2.15. The second-order valence-corrected chi connectivity index (χ2v) is 5.73. The largest absolute Gasteiger partial charge is 0.504 e. The van der Waals surface area contributed by atoms with Crippen LogP contribution >= 0.6 is 0 Å².